The van der Waals surface area contributed by atoms with Crippen LogP contribution in [0.15, 0.2) is 18.2 Å². The molecular weight excluding hydrogens is 241 g/mol. The summed E-state index contributed by atoms with van der Waals surface area (Å²) in [5.41, 5.74) is 2.29. The highest BCUT2D eigenvalue weighted by molar-refractivity contribution is 6.33. The monoisotopic (exact) mass is 257 g/mol. The number of hydrogen-bond donors (Lipinski definition) is 0. The molecule has 0 bridgehead atoms. The van der Waals surface area contributed by atoms with Crippen LogP contribution in [-0.2, 0) is 5.88 Å². The van der Waals surface area contributed by atoms with E-state index in [0.29, 0.717) is 5.88 Å². The number of nitrogens with zero attached hydrogens (tertiary/aromatic N) is 1. The Morgan fingerprint density at radius 2 is 2.25 bits per heavy atom. The minimum Gasteiger partial charge on any atom is -0.370 e. The lowest BCUT2D eigenvalue weighted by Gasteiger charge is -2.34. The van der Waals surface area contributed by atoms with Crippen molar-refractivity contribution >= 4 is 28.9 Å². The Morgan fingerprint density at radius 1 is 1.44 bits per heavy atom. The Labute approximate surface area is 107 Å². The Kier molecular flexibility index (Phi) is 3.99. The van der Waals surface area contributed by atoms with Crippen molar-refractivity contribution in [3.8, 4) is 0 Å². The van der Waals surface area contributed by atoms with E-state index in [2.05, 4.69) is 17.9 Å². The van der Waals surface area contributed by atoms with E-state index in [4.69, 9.17) is 23.2 Å². The van der Waals surface area contributed by atoms with E-state index >= 15 is 0 Å². The molecule has 2 rings (SSSR count). The summed E-state index contributed by atoms with van der Waals surface area (Å²) >= 11 is 12.3. The summed E-state index contributed by atoms with van der Waals surface area (Å²) < 4.78 is 0. The van der Waals surface area contributed by atoms with Gasteiger partial charge in [-0.05, 0) is 30.4 Å². The number of hydrogen-bond acceptors (Lipinski definition) is 1. The highest BCUT2D eigenvalue weighted by Gasteiger charge is 2.20. The first-order chi connectivity index (χ1) is 7.72. The van der Waals surface area contributed by atoms with Crippen LogP contribution in [0.1, 0.15) is 25.3 Å². The first kappa shape index (κ1) is 12.1. The Bertz CT molecular complexity index is 365. The van der Waals surface area contributed by atoms with Gasteiger partial charge in [-0.2, -0.15) is 0 Å². The second-order valence-electron chi connectivity index (χ2n) is 4.57. The first-order valence-corrected chi connectivity index (χ1v) is 6.72. The zero-order valence-electron chi connectivity index (χ0n) is 9.55. The quantitative estimate of drug-likeness (QED) is 0.714. The molecule has 0 aliphatic carbocycles. The van der Waals surface area contributed by atoms with Crippen molar-refractivity contribution in [2.75, 3.05) is 18.0 Å². The average Bonchev–Trinajstić information content (AvgIpc) is 2.28. The van der Waals surface area contributed by atoms with E-state index in [0.717, 1.165) is 35.3 Å². The standard InChI is InChI=1S/C13H17Cl2N/c1-10-4-3-7-16(9-10)13-11(8-14)5-2-6-12(13)15/h2,5-6,10H,3-4,7-9H2,1H3. The molecule has 1 aliphatic heterocycles. The first-order valence-electron chi connectivity index (χ1n) is 5.80. The van der Waals surface area contributed by atoms with E-state index in [1.54, 1.807) is 0 Å². The molecule has 1 heterocycles. The van der Waals surface area contributed by atoms with Crippen LogP contribution in [0.3, 0.4) is 0 Å². The van der Waals surface area contributed by atoms with Crippen molar-refractivity contribution in [2.45, 2.75) is 25.6 Å². The van der Waals surface area contributed by atoms with Gasteiger partial charge in [-0.1, -0.05) is 30.7 Å². The van der Waals surface area contributed by atoms with Crippen LogP contribution in [0, 0.1) is 5.92 Å². The molecule has 1 fully saturated rings. The van der Waals surface area contributed by atoms with Gasteiger partial charge in [-0.3, -0.25) is 0 Å². The fourth-order valence-electron chi connectivity index (χ4n) is 2.41. The number of rotatable bonds is 2. The lowest BCUT2D eigenvalue weighted by molar-refractivity contribution is 0.446. The maximum absolute atomic E-state index is 6.29. The fourth-order valence-corrected chi connectivity index (χ4v) is 2.94. The number of benzene rings is 1. The van der Waals surface area contributed by atoms with Crippen LogP contribution in [0.5, 0.6) is 0 Å². The smallest absolute Gasteiger partial charge is 0.0642 e. The number of piperidine rings is 1. The normalized spacial score (nSPS) is 21.2. The molecule has 1 aromatic carbocycles. The summed E-state index contributed by atoms with van der Waals surface area (Å²) in [5, 5.41) is 0.826. The molecule has 1 atom stereocenters. The van der Waals surface area contributed by atoms with Gasteiger partial charge in [0.25, 0.3) is 0 Å². The van der Waals surface area contributed by atoms with Gasteiger partial charge in [0.05, 0.1) is 10.7 Å². The van der Waals surface area contributed by atoms with Crippen molar-refractivity contribution in [3.63, 3.8) is 0 Å². The lowest BCUT2D eigenvalue weighted by atomic mass is 9.99. The van der Waals surface area contributed by atoms with Crippen molar-refractivity contribution in [3.05, 3.63) is 28.8 Å². The van der Waals surface area contributed by atoms with Gasteiger partial charge in [0.2, 0.25) is 0 Å². The molecule has 1 aliphatic rings. The third-order valence-corrected chi connectivity index (χ3v) is 3.78. The van der Waals surface area contributed by atoms with E-state index in [1.165, 1.54) is 12.8 Å². The summed E-state index contributed by atoms with van der Waals surface area (Å²) in [6, 6.07) is 5.98. The van der Waals surface area contributed by atoms with Crippen LogP contribution in [0.25, 0.3) is 0 Å². The van der Waals surface area contributed by atoms with E-state index in [-0.39, 0.29) is 0 Å². The molecular formula is C13H17Cl2N. The van der Waals surface area contributed by atoms with E-state index in [1.807, 2.05) is 12.1 Å². The van der Waals surface area contributed by atoms with Gasteiger partial charge in [0, 0.05) is 19.0 Å². The lowest BCUT2D eigenvalue weighted by Crippen LogP contribution is -2.35. The highest BCUT2D eigenvalue weighted by Crippen LogP contribution is 2.33. The second-order valence-corrected chi connectivity index (χ2v) is 5.25. The van der Waals surface area contributed by atoms with Gasteiger partial charge in [-0.15, -0.1) is 11.6 Å². The topological polar surface area (TPSA) is 3.24 Å². The third-order valence-electron chi connectivity index (χ3n) is 3.19. The summed E-state index contributed by atoms with van der Waals surface area (Å²) in [4.78, 5) is 2.38. The highest BCUT2D eigenvalue weighted by atomic mass is 35.5. The van der Waals surface area contributed by atoms with Gasteiger partial charge in [0.15, 0.2) is 0 Å². The number of halogens is 2. The predicted octanol–water partition coefficient (Wildman–Crippen LogP) is 4.32. The molecule has 1 aromatic rings. The van der Waals surface area contributed by atoms with Crippen molar-refractivity contribution < 1.29 is 0 Å². The number of alkyl halides is 1. The largest absolute Gasteiger partial charge is 0.370 e. The van der Waals surface area contributed by atoms with Crippen LogP contribution in [0.2, 0.25) is 5.02 Å². The summed E-state index contributed by atoms with van der Waals surface area (Å²) in [6.07, 6.45) is 2.56. The number of para-hydroxylation sites is 1. The molecule has 1 nitrogen and oxygen atoms in total. The van der Waals surface area contributed by atoms with Gasteiger partial charge in [0.1, 0.15) is 0 Å². The molecule has 0 N–H and O–H groups in total. The number of anilines is 1. The van der Waals surface area contributed by atoms with E-state index < -0.39 is 0 Å². The summed E-state index contributed by atoms with van der Waals surface area (Å²) in [6.45, 7) is 4.48. The minimum absolute atomic E-state index is 0.529. The van der Waals surface area contributed by atoms with E-state index in [9.17, 15) is 0 Å². The Morgan fingerprint density at radius 3 is 2.94 bits per heavy atom. The second kappa shape index (κ2) is 5.29. The van der Waals surface area contributed by atoms with Crippen molar-refractivity contribution in [2.24, 2.45) is 5.92 Å². The fraction of sp³-hybridized carbons (Fsp3) is 0.538. The van der Waals surface area contributed by atoms with Crippen LogP contribution in [0.4, 0.5) is 5.69 Å². The molecule has 88 valence electrons. The Balaban J connectivity index is 2.30. The zero-order chi connectivity index (χ0) is 11.5. The molecule has 0 aromatic heterocycles. The zero-order valence-corrected chi connectivity index (χ0v) is 11.1. The third kappa shape index (κ3) is 2.46. The molecule has 0 saturated carbocycles. The molecule has 0 radical (unpaired) electrons. The molecule has 1 saturated heterocycles. The predicted molar refractivity (Wildman–Crippen MR) is 71.6 cm³/mol. The minimum atomic E-state index is 0.529. The van der Waals surface area contributed by atoms with Crippen LogP contribution >= 0.6 is 23.2 Å². The maximum Gasteiger partial charge on any atom is 0.0642 e. The summed E-state index contributed by atoms with van der Waals surface area (Å²) in [7, 11) is 0. The van der Waals surface area contributed by atoms with Crippen LogP contribution < -0.4 is 4.90 Å². The average molecular weight is 258 g/mol. The van der Waals surface area contributed by atoms with Gasteiger partial charge in [-0.25, -0.2) is 0 Å². The van der Waals surface area contributed by atoms with Gasteiger partial charge >= 0.3 is 0 Å². The molecule has 0 spiro atoms. The van der Waals surface area contributed by atoms with Crippen molar-refractivity contribution in [1.82, 2.24) is 0 Å². The van der Waals surface area contributed by atoms with Crippen molar-refractivity contribution in [1.29, 1.82) is 0 Å². The molecule has 3 heteroatoms. The van der Waals surface area contributed by atoms with Gasteiger partial charge < -0.3 is 4.90 Å². The summed E-state index contributed by atoms with van der Waals surface area (Å²) in [5.74, 6) is 1.27. The molecule has 0 amide bonds. The van der Waals surface area contributed by atoms with Crippen LogP contribution in [-0.4, -0.2) is 13.1 Å². The maximum atomic E-state index is 6.29. The Hall–Kier alpha value is -0.400. The molecule has 16 heavy (non-hydrogen) atoms. The molecule has 1 unspecified atom stereocenters. The SMILES string of the molecule is CC1CCCN(c2c(Cl)cccc2CCl)C1.